The van der Waals surface area contributed by atoms with E-state index in [0.717, 1.165) is 23.6 Å². The maximum Gasteiger partial charge on any atom is 0.162 e. The van der Waals surface area contributed by atoms with Crippen LogP contribution in [0, 0.1) is 5.41 Å². The van der Waals surface area contributed by atoms with Crippen LogP contribution in [0.25, 0.3) is 0 Å². The summed E-state index contributed by atoms with van der Waals surface area (Å²) in [4.78, 5) is 0. The van der Waals surface area contributed by atoms with Crippen LogP contribution in [0.5, 0.6) is 11.5 Å². The number of aliphatic hydroxyl groups excluding tert-OH is 1. The normalized spacial score (nSPS) is 24.5. The highest BCUT2D eigenvalue weighted by Crippen LogP contribution is 2.42. The summed E-state index contributed by atoms with van der Waals surface area (Å²) in [5, 5.41) is 13.2. The summed E-state index contributed by atoms with van der Waals surface area (Å²) in [5.74, 6) is 1.48. The predicted molar refractivity (Wildman–Crippen MR) is 76.0 cm³/mol. The van der Waals surface area contributed by atoms with Crippen LogP contribution in [0.15, 0.2) is 18.2 Å². The third-order valence-electron chi connectivity index (χ3n) is 4.02. The Labute approximate surface area is 114 Å². The van der Waals surface area contributed by atoms with E-state index in [4.69, 9.17) is 9.47 Å². The molecule has 0 aliphatic heterocycles. The van der Waals surface area contributed by atoms with Crippen molar-refractivity contribution in [2.24, 2.45) is 5.41 Å². The van der Waals surface area contributed by atoms with Gasteiger partial charge in [-0.15, -0.1) is 0 Å². The molecule has 0 aromatic heterocycles. The number of ether oxygens (including phenoxy) is 2. The number of nitrogens with one attached hydrogen (secondary N) is 1. The Morgan fingerprint density at radius 3 is 2.63 bits per heavy atom. The Morgan fingerprint density at radius 2 is 2.11 bits per heavy atom. The summed E-state index contributed by atoms with van der Waals surface area (Å²) < 4.78 is 10.8. The Bertz CT molecular complexity index is 445. The topological polar surface area (TPSA) is 50.7 Å². The molecular weight excluding hydrogens is 242 g/mol. The zero-order chi connectivity index (χ0) is 14.0. The fraction of sp³-hybridized carbons (Fsp3) is 0.600. The Kier molecular flexibility index (Phi) is 3.90. The van der Waals surface area contributed by atoms with Gasteiger partial charge in [-0.2, -0.15) is 0 Å². The van der Waals surface area contributed by atoms with E-state index in [1.54, 1.807) is 7.11 Å². The minimum Gasteiger partial charge on any atom is -0.493 e. The highest BCUT2D eigenvalue weighted by molar-refractivity contribution is 5.55. The van der Waals surface area contributed by atoms with E-state index in [1.165, 1.54) is 0 Å². The molecule has 2 atom stereocenters. The number of methoxy groups -OCH3 is 1. The molecule has 1 fully saturated rings. The molecule has 1 aliphatic carbocycles. The molecular formula is C15H23NO3. The third-order valence-corrected chi connectivity index (χ3v) is 4.02. The highest BCUT2D eigenvalue weighted by Gasteiger charge is 2.47. The second kappa shape index (κ2) is 5.29. The van der Waals surface area contributed by atoms with Crippen molar-refractivity contribution in [2.45, 2.75) is 39.3 Å². The van der Waals surface area contributed by atoms with Crippen LogP contribution >= 0.6 is 0 Å². The number of rotatable bonds is 5. The van der Waals surface area contributed by atoms with E-state index in [-0.39, 0.29) is 17.6 Å². The lowest BCUT2D eigenvalue weighted by Gasteiger charge is -2.49. The lowest BCUT2D eigenvalue weighted by molar-refractivity contribution is -0.0510. The first-order valence-corrected chi connectivity index (χ1v) is 6.74. The number of benzene rings is 1. The second-order valence-electron chi connectivity index (χ2n) is 5.57. The van der Waals surface area contributed by atoms with Gasteiger partial charge in [0.05, 0.1) is 19.8 Å². The average molecular weight is 265 g/mol. The molecule has 0 radical (unpaired) electrons. The van der Waals surface area contributed by atoms with Crippen LogP contribution in [0.3, 0.4) is 0 Å². The van der Waals surface area contributed by atoms with Gasteiger partial charge in [0.1, 0.15) is 0 Å². The SMILES string of the molecule is CCOc1ccc(NC2CC(O)C2(C)C)cc1OC. The predicted octanol–water partition coefficient (Wildman–Crippen LogP) is 2.67. The zero-order valence-electron chi connectivity index (χ0n) is 12.1. The maximum absolute atomic E-state index is 9.75. The van der Waals surface area contributed by atoms with Crippen LogP contribution in [0.4, 0.5) is 5.69 Å². The van der Waals surface area contributed by atoms with Crippen LogP contribution in [0.1, 0.15) is 27.2 Å². The quantitative estimate of drug-likeness (QED) is 0.859. The molecule has 4 nitrogen and oxygen atoms in total. The molecule has 0 heterocycles. The molecule has 0 bridgehead atoms. The van der Waals surface area contributed by atoms with Crippen molar-refractivity contribution in [1.82, 2.24) is 0 Å². The molecule has 1 saturated carbocycles. The van der Waals surface area contributed by atoms with Gasteiger partial charge in [-0.3, -0.25) is 0 Å². The van der Waals surface area contributed by atoms with Crippen molar-refractivity contribution < 1.29 is 14.6 Å². The van der Waals surface area contributed by atoms with Gasteiger partial charge in [0.15, 0.2) is 11.5 Å². The third kappa shape index (κ3) is 2.63. The van der Waals surface area contributed by atoms with Crippen molar-refractivity contribution in [2.75, 3.05) is 19.0 Å². The van der Waals surface area contributed by atoms with E-state index < -0.39 is 0 Å². The molecule has 2 unspecified atom stereocenters. The lowest BCUT2D eigenvalue weighted by atomic mass is 9.64. The lowest BCUT2D eigenvalue weighted by Crippen LogP contribution is -2.56. The summed E-state index contributed by atoms with van der Waals surface area (Å²) >= 11 is 0. The Morgan fingerprint density at radius 1 is 1.37 bits per heavy atom. The average Bonchev–Trinajstić information content (AvgIpc) is 2.40. The van der Waals surface area contributed by atoms with Crippen LogP contribution < -0.4 is 14.8 Å². The van der Waals surface area contributed by atoms with Gasteiger partial charge in [0, 0.05) is 23.2 Å². The molecule has 0 spiro atoms. The minimum absolute atomic E-state index is 0.0914. The van der Waals surface area contributed by atoms with Crippen LogP contribution in [-0.4, -0.2) is 31.0 Å². The zero-order valence-corrected chi connectivity index (χ0v) is 12.1. The van der Waals surface area contributed by atoms with Gasteiger partial charge in [0.2, 0.25) is 0 Å². The van der Waals surface area contributed by atoms with Crippen molar-refractivity contribution in [3.05, 3.63) is 18.2 Å². The molecule has 0 amide bonds. The molecule has 106 valence electrons. The van der Waals surface area contributed by atoms with Gasteiger partial charge in [-0.1, -0.05) is 13.8 Å². The van der Waals surface area contributed by atoms with Crippen molar-refractivity contribution in [1.29, 1.82) is 0 Å². The monoisotopic (exact) mass is 265 g/mol. The summed E-state index contributed by atoms with van der Waals surface area (Å²) in [7, 11) is 1.64. The number of aliphatic hydroxyl groups is 1. The molecule has 2 rings (SSSR count). The smallest absolute Gasteiger partial charge is 0.162 e. The first-order chi connectivity index (χ1) is 8.98. The van der Waals surface area contributed by atoms with Crippen molar-refractivity contribution in [3.8, 4) is 11.5 Å². The number of anilines is 1. The highest BCUT2D eigenvalue weighted by atomic mass is 16.5. The Hall–Kier alpha value is -1.42. The molecule has 1 aliphatic rings. The van der Waals surface area contributed by atoms with Crippen LogP contribution in [0.2, 0.25) is 0 Å². The molecule has 0 saturated heterocycles. The van der Waals surface area contributed by atoms with Crippen molar-refractivity contribution in [3.63, 3.8) is 0 Å². The van der Waals surface area contributed by atoms with E-state index in [9.17, 15) is 5.11 Å². The van der Waals surface area contributed by atoms with E-state index in [0.29, 0.717) is 6.61 Å². The fourth-order valence-corrected chi connectivity index (χ4v) is 2.38. The molecule has 4 heteroatoms. The molecule has 19 heavy (non-hydrogen) atoms. The van der Waals surface area contributed by atoms with Gasteiger partial charge in [-0.05, 0) is 25.5 Å². The standard InChI is InChI=1S/C15H23NO3/c1-5-19-11-7-6-10(8-12(11)18-4)16-13-9-14(17)15(13,2)3/h6-8,13-14,16-17H,5,9H2,1-4H3. The van der Waals surface area contributed by atoms with E-state index in [2.05, 4.69) is 19.2 Å². The summed E-state index contributed by atoms with van der Waals surface area (Å²) in [5.41, 5.74) is 0.900. The number of hydrogen-bond acceptors (Lipinski definition) is 4. The first-order valence-electron chi connectivity index (χ1n) is 6.74. The Balaban J connectivity index is 2.10. The fourth-order valence-electron chi connectivity index (χ4n) is 2.38. The second-order valence-corrected chi connectivity index (χ2v) is 5.57. The maximum atomic E-state index is 9.75. The van der Waals surface area contributed by atoms with E-state index >= 15 is 0 Å². The summed E-state index contributed by atoms with van der Waals surface area (Å²) in [6, 6.07) is 6.11. The van der Waals surface area contributed by atoms with Gasteiger partial charge < -0.3 is 19.9 Å². The number of hydrogen-bond donors (Lipinski definition) is 2. The minimum atomic E-state index is -0.227. The molecule has 1 aromatic carbocycles. The van der Waals surface area contributed by atoms with Gasteiger partial charge in [-0.25, -0.2) is 0 Å². The molecule has 1 aromatic rings. The molecule has 2 N–H and O–H groups in total. The largest absolute Gasteiger partial charge is 0.493 e. The summed E-state index contributed by atoms with van der Waals surface area (Å²) in [6.45, 7) is 6.71. The van der Waals surface area contributed by atoms with Crippen molar-refractivity contribution >= 4 is 5.69 Å². The van der Waals surface area contributed by atoms with Gasteiger partial charge >= 0.3 is 0 Å². The van der Waals surface area contributed by atoms with Gasteiger partial charge in [0.25, 0.3) is 0 Å². The van der Waals surface area contributed by atoms with Crippen LogP contribution in [-0.2, 0) is 0 Å². The van der Waals surface area contributed by atoms with E-state index in [1.807, 2.05) is 25.1 Å². The first kappa shape index (κ1) is 14.0. The summed E-state index contributed by atoms with van der Waals surface area (Å²) in [6.07, 6.45) is 0.553.